The Morgan fingerprint density at radius 3 is 2.42 bits per heavy atom. The second kappa shape index (κ2) is 6.71. The zero-order valence-electron chi connectivity index (χ0n) is 12.7. The maximum atomic E-state index is 12.1. The molecule has 3 rings (SSSR count). The molecule has 2 amide bonds. The molecule has 0 radical (unpaired) electrons. The van der Waals surface area contributed by atoms with Crippen molar-refractivity contribution in [3.63, 3.8) is 0 Å². The zero-order chi connectivity index (χ0) is 17.1. The number of rotatable bonds is 3. The van der Waals surface area contributed by atoms with Crippen LogP contribution in [0.3, 0.4) is 0 Å². The summed E-state index contributed by atoms with van der Waals surface area (Å²) >= 11 is 3.30. The lowest BCUT2D eigenvalue weighted by Gasteiger charge is -2.08. The first-order chi connectivity index (χ1) is 11.5. The monoisotopic (exact) mass is 387 g/mol. The number of nitrogens with one attached hydrogen (secondary N) is 2. The third kappa shape index (κ3) is 3.38. The van der Waals surface area contributed by atoms with Crippen molar-refractivity contribution in [2.75, 3.05) is 0 Å². The number of hydrazine groups is 1. The minimum absolute atomic E-state index is 0.395. The van der Waals surface area contributed by atoms with Crippen molar-refractivity contribution in [2.45, 2.75) is 0 Å². The summed E-state index contributed by atoms with van der Waals surface area (Å²) in [5.74, 6) is -0.791. The third-order valence-corrected chi connectivity index (χ3v) is 3.86. The molecule has 0 aliphatic heterocycles. The Morgan fingerprint density at radius 1 is 1.12 bits per heavy atom. The molecule has 0 atom stereocenters. The first-order valence-electron chi connectivity index (χ1n) is 7.05. The van der Waals surface area contributed by atoms with E-state index in [9.17, 15) is 9.59 Å². The summed E-state index contributed by atoms with van der Waals surface area (Å²) in [6, 6.07) is 8.62. The van der Waals surface area contributed by atoms with Gasteiger partial charge >= 0.3 is 0 Å². The number of aryl methyl sites for hydroxylation is 1. The minimum atomic E-state index is -0.397. The molecule has 7 nitrogen and oxygen atoms in total. The summed E-state index contributed by atoms with van der Waals surface area (Å²) in [5, 5.41) is 0. The average molecular weight is 388 g/mol. The smallest absolute Gasteiger partial charge is 0.286 e. The van der Waals surface area contributed by atoms with Gasteiger partial charge in [0.15, 0.2) is 0 Å². The van der Waals surface area contributed by atoms with Gasteiger partial charge in [-0.05, 0) is 46.3 Å². The van der Waals surface area contributed by atoms with Gasteiger partial charge in [-0.15, -0.1) is 0 Å². The Hall–Kier alpha value is -2.87. The fourth-order valence-corrected chi connectivity index (χ4v) is 2.72. The number of benzene rings is 1. The molecule has 122 valence electrons. The summed E-state index contributed by atoms with van der Waals surface area (Å²) in [5.41, 5.74) is 6.56. The highest BCUT2D eigenvalue weighted by molar-refractivity contribution is 9.10. The molecule has 0 spiro atoms. The van der Waals surface area contributed by atoms with Gasteiger partial charge in [0.1, 0.15) is 5.69 Å². The van der Waals surface area contributed by atoms with Crippen molar-refractivity contribution in [2.24, 2.45) is 7.05 Å². The second-order valence-corrected chi connectivity index (χ2v) is 6.00. The molecular formula is C16H14BrN5O2. The van der Waals surface area contributed by atoms with Crippen LogP contribution in [0.25, 0.3) is 5.69 Å². The lowest BCUT2D eigenvalue weighted by atomic mass is 10.2. The second-order valence-electron chi connectivity index (χ2n) is 5.08. The topological polar surface area (TPSA) is 81.0 Å². The van der Waals surface area contributed by atoms with E-state index < -0.39 is 11.8 Å². The summed E-state index contributed by atoms with van der Waals surface area (Å²) in [6.07, 6.45) is 6.92. The van der Waals surface area contributed by atoms with Gasteiger partial charge in [-0.1, -0.05) is 0 Å². The molecular weight excluding hydrogens is 374 g/mol. The molecule has 0 unspecified atom stereocenters. The molecule has 24 heavy (non-hydrogen) atoms. The number of nitrogens with zero attached hydrogens (tertiary/aromatic N) is 3. The Kier molecular flexibility index (Phi) is 4.48. The lowest BCUT2D eigenvalue weighted by molar-refractivity contribution is 0.0842. The van der Waals surface area contributed by atoms with E-state index in [0.29, 0.717) is 11.3 Å². The van der Waals surface area contributed by atoms with Crippen molar-refractivity contribution in [1.82, 2.24) is 25.0 Å². The summed E-state index contributed by atoms with van der Waals surface area (Å²) < 4.78 is 4.28. The van der Waals surface area contributed by atoms with E-state index >= 15 is 0 Å². The van der Waals surface area contributed by atoms with Gasteiger partial charge in [0, 0.05) is 41.4 Å². The number of carbonyl (C=O) groups excluding carboxylic acids is 2. The van der Waals surface area contributed by atoms with Crippen LogP contribution < -0.4 is 10.9 Å². The fourth-order valence-electron chi connectivity index (χ4n) is 2.20. The van der Waals surface area contributed by atoms with Crippen LogP contribution in [0.4, 0.5) is 0 Å². The van der Waals surface area contributed by atoms with Crippen LogP contribution in [-0.2, 0) is 7.05 Å². The number of amides is 2. The van der Waals surface area contributed by atoms with Gasteiger partial charge in [-0.25, -0.2) is 4.98 Å². The molecule has 2 N–H and O–H groups in total. The summed E-state index contributed by atoms with van der Waals surface area (Å²) in [4.78, 5) is 28.1. The van der Waals surface area contributed by atoms with E-state index in [1.165, 1.54) is 0 Å². The summed E-state index contributed by atoms with van der Waals surface area (Å²) in [6.45, 7) is 0. The van der Waals surface area contributed by atoms with Crippen LogP contribution in [0.1, 0.15) is 20.8 Å². The maximum absolute atomic E-state index is 12.1. The van der Waals surface area contributed by atoms with Crippen LogP contribution in [0.5, 0.6) is 0 Å². The van der Waals surface area contributed by atoms with E-state index in [4.69, 9.17) is 0 Å². The Labute approximate surface area is 146 Å². The number of halogens is 1. The molecule has 0 aliphatic rings. The highest BCUT2D eigenvalue weighted by Gasteiger charge is 2.12. The molecule has 0 aliphatic carbocycles. The fraction of sp³-hybridized carbons (Fsp3) is 0.0625. The number of hydrogen-bond acceptors (Lipinski definition) is 3. The maximum Gasteiger partial charge on any atom is 0.286 e. The Morgan fingerprint density at radius 2 is 1.83 bits per heavy atom. The lowest BCUT2D eigenvalue weighted by Crippen LogP contribution is -2.42. The minimum Gasteiger partial charge on any atom is -0.345 e. The van der Waals surface area contributed by atoms with E-state index in [1.807, 2.05) is 10.8 Å². The van der Waals surface area contributed by atoms with Gasteiger partial charge in [-0.3, -0.25) is 20.4 Å². The normalized spacial score (nSPS) is 10.4. The van der Waals surface area contributed by atoms with Crippen LogP contribution in [0, 0.1) is 0 Å². The highest BCUT2D eigenvalue weighted by atomic mass is 79.9. The molecule has 8 heteroatoms. The van der Waals surface area contributed by atoms with Crippen molar-refractivity contribution in [3.05, 3.63) is 71.0 Å². The van der Waals surface area contributed by atoms with E-state index in [-0.39, 0.29) is 0 Å². The van der Waals surface area contributed by atoms with Gasteiger partial charge < -0.3 is 9.13 Å². The molecule has 0 saturated heterocycles. The Bertz CT molecular complexity index is 869. The van der Waals surface area contributed by atoms with Crippen molar-refractivity contribution in [3.8, 4) is 5.69 Å². The Balaban J connectivity index is 1.63. The van der Waals surface area contributed by atoms with Crippen molar-refractivity contribution < 1.29 is 9.59 Å². The van der Waals surface area contributed by atoms with Crippen LogP contribution in [0.15, 0.2) is 59.7 Å². The first-order valence-corrected chi connectivity index (χ1v) is 7.85. The standard InChI is InChI=1S/C16H14BrN5O2/c1-21-9-12(17)8-14(21)16(24)20-19-15(23)11-2-4-13(5-3-11)22-7-6-18-10-22/h2-10H,1H3,(H,19,23)(H,20,24). The number of aromatic nitrogens is 3. The SMILES string of the molecule is Cn1cc(Br)cc1C(=O)NNC(=O)c1ccc(-n2ccnc2)cc1. The molecule has 1 aromatic carbocycles. The molecule has 2 aromatic heterocycles. The van der Waals surface area contributed by atoms with E-state index in [0.717, 1.165) is 10.2 Å². The number of imidazole rings is 1. The van der Waals surface area contributed by atoms with Gasteiger partial charge in [-0.2, -0.15) is 0 Å². The number of hydrogen-bond donors (Lipinski definition) is 2. The first kappa shape index (κ1) is 16.0. The molecule has 2 heterocycles. The van der Waals surface area contributed by atoms with E-state index in [1.54, 1.807) is 60.7 Å². The molecule has 0 saturated carbocycles. The van der Waals surface area contributed by atoms with Crippen molar-refractivity contribution in [1.29, 1.82) is 0 Å². The largest absolute Gasteiger partial charge is 0.345 e. The molecule has 0 fully saturated rings. The average Bonchev–Trinajstić information content (AvgIpc) is 3.22. The van der Waals surface area contributed by atoms with Crippen LogP contribution in [-0.4, -0.2) is 25.9 Å². The van der Waals surface area contributed by atoms with E-state index in [2.05, 4.69) is 31.8 Å². The summed E-state index contributed by atoms with van der Waals surface area (Å²) in [7, 11) is 1.75. The molecule has 3 aromatic rings. The van der Waals surface area contributed by atoms with Crippen molar-refractivity contribution >= 4 is 27.7 Å². The number of carbonyl (C=O) groups is 2. The molecule has 0 bridgehead atoms. The predicted molar refractivity (Wildman–Crippen MR) is 91.6 cm³/mol. The quantitative estimate of drug-likeness (QED) is 0.674. The van der Waals surface area contributed by atoms with Gasteiger partial charge in [0.25, 0.3) is 11.8 Å². The van der Waals surface area contributed by atoms with Crippen LogP contribution in [0.2, 0.25) is 0 Å². The highest BCUT2D eigenvalue weighted by Crippen LogP contribution is 2.13. The van der Waals surface area contributed by atoms with Crippen LogP contribution >= 0.6 is 15.9 Å². The van der Waals surface area contributed by atoms with Gasteiger partial charge in [0.2, 0.25) is 0 Å². The van der Waals surface area contributed by atoms with Gasteiger partial charge in [0.05, 0.1) is 6.33 Å². The zero-order valence-corrected chi connectivity index (χ0v) is 14.3. The third-order valence-electron chi connectivity index (χ3n) is 3.43. The predicted octanol–water partition coefficient (Wildman–Crippen LogP) is 2.05.